The standard InChI is InChI=1S/C61H54/c1-38-19-7-8-23-43(38)57-39(2)20-15-28-45(57)40-21-16-22-41(35-40)58(52-32-18-31-51-48-26-11-14-34-55(48)61(5,6)59(51)52)50-30-17-29-47(50)46-25-10-9-24-44(46)42-36-53-49-27-12-13-33-54(49)60(3,4)56(53)37-42/h8-16,18,20-36,58H,7,17,19,37H2,1-6H3. The Balaban J connectivity index is 1.08. The molecule has 0 bridgehead atoms. The van der Waals surface area contributed by atoms with Gasteiger partial charge in [-0.15, -0.1) is 0 Å². The van der Waals surface area contributed by atoms with Crippen LogP contribution in [-0.4, -0.2) is 0 Å². The maximum atomic E-state index is 2.54. The van der Waals surface area contributed by atoms with Crippen molar-refractivity contribution >= 4 is 22.3 Å². The lowest BCUT2D eigenvalue weighted by Crippen LogP contribution is -2.20. The Morgan fingerprint density at radius 2 is 1.25 bits per heavy atom. The topological polar surface area (TPSA) is 0 Å². The Bertz CT molecular complexity index is 3030. The zero-order valence-electron chi connectivity index (χ0n) is 36.5. The molecule has 0 nitrogen and oxygen atoms in total. The van der Waals surface area contributed by atoms with E-state index < -0.39 is 0 Å². The van der Waals surface area contributed by atoms with Crippen molar-refractivity contribution in [3.05, 3.63) is 236 Å². The molecule has 0 fully saturated rings. The second-order valence-corrected chi connectivity index (χ2v) is 19.1. The molecule has 0 radical (unpaired) electrons. The molecule has 0 saturated carbocycles. The van der Waals surface area contributed by atoms with E-state index in [9.17, 15) is 0 Å². The maximum Gasteiger partial charge on any atom is 0.0346 e. The summed E-state index contributed by atoms with van der Waals surface area (Å²) >= 11 is 0. The summed E-state index contributed by atoms with van der Waals surface area (Å²) in [5.74, 6) is 0.0283. The summed E-state index contributed by atoms with van der Waals surface area (Å²) < 4.78 is 0. The zero-order chi connectivity index (χ0) is 41.6. The molecule has 5 aliphatic carbocycles. The second kappa shape index (κ2) is 14.2. The van der Waals surface area contributed by atoms with Crippen molar-refractivity contribution in [1.29, 1.82) is 0 Å². The largest absolute Gasteiger partial charge is 0.0836 e. The SMILES string of the molecule is CC1=C(c2c(C)cccc2-c2cccc(C(C3=CCC=C3c3ccccc3C3=CC4=C(C3)C(C)(C)c3ccccc34)c3cccc4c3C(C)(C)c3ccccc3-4)c2)C=CCC1. The minimum absolute atomic E-state index is 0.0185. The van der Waals surface area contributed by atoms with Gasteiger partial charge in [0.1, 0.15) is 0 Å². The number of hydrogen-bond acceptors (Lipinski definition) is 0. The average Bonchev–Trinajstić information content (AvgIpc) is 4.04. The Morgan fingerprint density at radius 1 is 0.574 bits per heavy atom. The van der Waals surface area contributed by atoms with Crippen LogP contribution in [0.15, 0.2) is 181 Å². The lowest BCUT2D eigenvalue weighted by molar-refractivity contribution is 0.629. The van der Waals surface area contributed by atoms with E-state index in [1.54, 1.807) is 5.57 Å². The van der Waals surface area contributed by atoms with Crippen LogP contribution in [0.3, 0.4) is 0 Å². The van der Waals surface area contributed by atoms with Gasteiger partial charge in [0.2, 0.25) is 0 Å². The van der Waals surface area contributed by atoms with Crippen LogP contribution in [0.4, 0.5) is 0 Å². The van der Waals surface area contributed by atoms with E-state index >= 15 is 0 Å². The number of aryl methyl sites for hydroxylation is 1. The first-order valence-corrected chi connectivity index (χ1v) is 22.5. The van der Waals surface area contributed by atoms with Gasteiger partial charge in [-0.2, -0.15) is 0 Å². The number of rotatable bonds is 7. The van der Waals surface area contributed by atoms with Crippen LogP contribution in [0.1, 0.15) is 122 Å². The van der Waals surface area contributed by atoms with Crippen LogP contribution < -0.4 is 0 Å². The molecule has 11 rings (SSSR count). The quantitative estimate of drug-likeness (QED) is 0.151. The molecule has 0 N–H and O–H groups in total. The fraction of sp³-hybridized carbons (Fsp3) is 0.213. The van der Waals surface area contributed by atoms with Gasteiger partial charge in [0.15, 0.2) is 0 Å². The summed E-state index contributed by atoms with van der Waals surface area (Å²) in [5, 5.41) is 0. The third kappa shape index (κ3) is 5.79. The highest BCUT2D eigenvalue weighted by atomic mass is 14.4. The summed E-state index contributed by atoms with van der Waals surface area (Å²) in [6.45, 7) is 14.3. The van der Waals surface area contributed by atoms with Gasteiger partial charge in [-0.25, -0.2) is 0 Å². The molecule has 1 atom stereocenters. The van der Waals surface area contributed by atoms with Crippen LogP contribution in [0.5, 0.6) is 0 Å². The van der Waals surface area contributed by atoms with Crippen molar-refractivity contribution in [2.45, 2.75) is 84.0 Å². The molecule has 6 aromatic carbocycles. The Kier molecular flexibility index (Phi) is 8.77. The minimum atomic E-state index is -0.148. The summed E-state index contributed by atoms with van der Waals surface area (Å²) in [7, 11) is 0. The van der Waals surface area contributed by atoms with Crippen molar-refractivity contribution in [2.24, 2.45) is 0 Å². The highest BCUT2D eigenvalue weighted by Gasteiger charge is 2.42. The normalized spacial score (nSPS) is 18.4. The molecule has 0 spiro atoms. The van der Waals surface area contributed by atoms with E-state index in [-0.39, 0.29) is 16.7 Å². The summed E-state index contributed by atoms with van der Waals surface area (Å²) in [6.07, 6.45) is 16.4. The van der Waals surface area contributed by atoms with E-state index in [1.807, 2.05) is 0 Å². The first-order valence-electron chi connectivity index (χ1n) is 22.5. The van der Waals surface area contributed by atoms with Crippen LogP contribution in [0, 0.1) is 6.92 Å². The Labute approximate surface area is 363 Å². The molecule has 0 aromatic heterocycles. The minimum Gasteiger partial charge on any atom is -0.0836 e. The molecule has 6 aromatic rings. The van der Waals surface area contributed by atoms with Crippen molar-refractivity contribution in [2.75, 3.05) is 0 Å². The molecule has 0 saturated heterocycles. The van der Waals surface area contributed by atoms with Crippen LogP contribution in [-0.2, 0) is 10.8 Å². The number of fused-ring (bicyclic) bond motifs is 5. The summed E-state index contributed by atoms with van der Waals surface area (Å²) in [6, 6.07) is 51.0. The second-order valence-electron chi connectivity index (χ2n) is 19.1. The van der Waals surface area contributed by atoms with Gasteiger partial charge in [0.05, 0.1) is 0 Å². The van der Waals surface area contributed by atoms with Crippen molar-refractivity contribution in [3.63, 3.8) is 0 Å². The highest BCUT2D eigenvalue weighted by molar-refractivity contribution is 6.00. The molecule has 0 heterocycles. The van der Waals surface area contributed by atoms with Crippen molar-refractivity contribution in [3.8, 4) is 22.3 Å². The highest BCUT2D eigenvalue weighted by Crippen LogP contribution is 2.57. The molecule has 0 aliphatic heterocycles. The van der Waals surface area contributed by atoms with E-state index in [1.165, 1.54) is 111 Å². The molecular formula is C61H54. The first-order chi connectivity index (χ1) is 29.6. The first kappa shape index (κ1) is 37.7. The van der Waals surface area contributed by atoms with E-state index in [4.69, 9.17) is 0 Å². The number of hydrogen-bond donors (Lipinski definition) is 0. The lowest BCUT2D eigenvalue weighted by Gasteiger charge is -2.31. The maximum absolute atomic E-state index is 2.54. The zero-order valence-corrected chi connectivity index (χ0v) is 36.5. The fourth-order valence-electron chi connectivity index (χ4n) is 11.9. The molecule has 298 valence electrons. The molecule has 61 heavy (non-hydrogen) atoms. The molecule has 1 unspecified atom stereocenters. The van der Waals surface area contributed by atoms with Crippen molar-refractivity contribution < 1.29 is 0 Å². The van der Waals surface area contributed by atoms with Crippen LogP contribution >= 0.6 is 0 Å². The van der Waals surface area contributed by atoms with Gasteiger partial charge in [0, 0.05) is 16.7 Å². The molecule has 0 amide bonds. The molecule has 5 aliphatic rings. The fourth-order valence-corrected chi connectivity index (χ4v) is 11.9. The lowest BCUT2D eigenvalue weighted by atomic mass is 9.72. The molecular weight excluding hydrogens is 733 g/mol. The van der Waals surface area contributed by atoms with E-state index in [0.717, 1.165) is 25.7 Å². The number of benzene rings is 6. The third-order valence-electron chi connectivity index (χ3n) is 14.9. The van der Waals surface area contributed by atoms with Gasteiger partial charge < -0.3 is 0 Å². The van der Waals surface area contributed by atoms with Gasteiger partial charge >= 0.3 is 0 Å². The Morgan fingerprint density at radius 3 is 2.05 bits per heavy atom. The summed E-state index contributed by atoms with van der Waals surface area (Å²) in [4.78, 5) is 0. The third-order valence-corrected chi connectivity index (χ3v) is 14.9. The Hall–Kier alpha value is -6.24. The summed E-state index contributed by atoms with van der Waals surface area (Å²) in [5.41, 5.74) is 29.1. The van der Waals surface area contributed by atoms with Gasteiger partial charge in [-0.3, -0.25) is 0 Å². The van der Waals surface area contributed by atoms with Gasteiger partial charge in [0.25, 0.3) is 0 Å². The average molecular weight is 787 g/mol. The smallest absolute Gasteiger partial charge is 0.0346 e. The van der Waals surface area contributed by atoms with Gasteiger partial charge in [-0.05, 0) is 151 Å². The van der Waals surface area contributed by atoms with Crippen LogP contribution in [0.2, 0.25) is 0 Å². The van der Waals surface area contributed by atoms with Gasteiger partial charge in [-0.1, -0.05) is 197 Å². The predicted molar refractivity (Wildman–Crippen MR) is 260 cm³/mol. The van der Waals surface area contributed by atoms with E-state index in [0.29, 0.717) is 0 Å². The van der Waals surface area contributed by atoms with E-state index in [2.05, 4.69) is 205 Å². The monoisotopic (exact) mass is 786 g/mol. The van der Waals surface area contributed by atoms with Crippen LogP contribution in [0.25, 0.3) is 44.5 Å². The predicted octanol–water partition coefficient (Wildman–Crippen LogP) is 16.2. The number of allylic oxidation sites excluding steroid dienone is 12. The molecule has 0 heteroatoms. The van der Waals surface area contributed by atoms with Crippen molar-refractivity contribution in [1.82, 2.24) is 0 Å².